The summed E-state index contributed by atoms with van der Waals surface area (Å²) in [5.74, 6) is -1.26. The van der Waals surface area contributed by atoms with E-state index in [-0.39, 0.29) is 5.52 Å². The molecule has 0 bridgehead atoms. The molecular weight excluding hydrogens is 278 g/mol. The Kier molecular flexibility index (Phi) is 3.14. The van der Waals surface area contributed by atoms with Crippen LogP contribution in [0.25, 0.3) is 16.7 Å². The number of rotatable bonds is 2. The summed E-state index contributed by atoms with van der Waals surface area (Å²) in [5.41, 5.74) is 2.56. The molecule has 20 heavy (non-hydrogen) atoms. The van der Waals surface area contributed by atoms with Gasteiger partial charge in [-0.1, -0.05) is 19.1 Å². The second-order valence-electron chi connectivity index (χ2n) is 4.57. The molecule has 102 valence electrons. The van der Waals surface area contributed by atoms with Crippen LogP contribution in [0.2, 0.25) is 0 Å². The largest absolute Gasteiger partial charge is 0.328 e. The average molecular weight is 290 g/mol. The zero-order valence-electron chi connectivity index (χ0n) is 10.8. The van der Waals surface area contributed by atoms with Crippen LogP contribution in [-0.2, 0) is 6.42 Å². The smallest absolute Gasteiger partial charge is 0.182 e. The fourth-order valence-corrected chi connectivity index (χ4v) is 2.61. The molecule has 0 saturated carbocycles. The van der Waals surface area contributed by atoms with Gasteiger partial charge in [-0.25, -0.2) is 8.78 Å². The molecule has 0 fully saturated rings. The Morgan fingerprint density at radius 3 is 2.75 bits per heavy atom. The maximum Gasteiger partial charge on any atom is 0.182 e. The van der Waals surface area contributed by atoms with Crippen LogP contribution >= 0.6 is 12.2 Å². The summed E-state index contributed by atoms with van der Waals surface area (Å²) in [6, 6.07) is 9.87. The average Bonchev–Trinajstić information content (AvgIpc) is 2.75. The van der Waals surface area contributed by atoms with Crippen molar-refractivity contribution in [3.8, 4) is 5.69 Å². The summed E-state index contributed by atoms with van der Waals surface area (Å²) >= 11 is 5.24. The Hall–Kier alpha value is -2.01. The fraction of sp³-hybridized carbons (Fsp3) is 0.133. The number of fused-ring (bicyclic) bond motifs is 1. The van der Waals surface area contributed by atoms with Gasteiger partial charge in [0.05, 0.1) is 5.52 Å². The Labute approximate surface area is 119 Å². The van der Waals surface area contributed by atoms with Gasteiger partial charge >= 0.3 is 0 Å². The number of hydrogen-bond donors (Lipinski definition) is 1. The van der Waals surface area contributed by atoms with E-state index >= 15 is 0 Å². The van der Waals surface area contributed by atoms with Crippen LogP contribution in [0.3, 0.4) is 0 Å². The van der Waals surface area contributed by atoms with Gasteiger partial charge in [-0.2, -0.15) is 0 Å². The summed E-state index contributed by atoms with van der Waals surface area (Å²) in [7, 11) is 0. The van der Waals surface area contributed by atoms with Crippen molar-refractivity contribution in [2.45, 2.75) is 13.3 Å². The van der Waals surface area contributed by atoms with E-state index < -0.39 is 11.6 Å². The van der Waals surface area contributed by atoms with Crippen molar-refractivity contribution in [3.05, 3.63) is 58.4 Å². The van der Waals surface area contributed by atoms with Crippen LogP contribution in [0.4, 0.5) is 8.78 Å². The first-order chi connectivity index (χ1) is 9.60. The number of benzene rings is 2. The first-order valence-electron chi connectivity index (χ1n) is 6.29. The lowest BCUT2D eigenvalue weighted by atomic mass is 10.1. The molecule has 1 aromatic heterocycles. The zero-order valence-corrected chi connectivity index (χ0v) is 11.6. The van der Waals surface area contributed by atoms with E-state index in [0.717, 1.165) is 23.7 Å². The Morgan fingerprint density at radius 1 is 1.20 bits per heavy atom. The molecule has 0 aliphatic carbocycles. The normalized spacial score (nSPS) is 11.2. The quantitative estimate of drug-likeness (QED) is 0.688. The summed E-state index contributed by atoms with van der Waals surface area (Å²) in [5, 5.41) is 0. The lowest BCUT2D eigenvalue weighted by Gasteiger charge is -2.06. The minimum absolute atomic E-state index is 0.221. The Morgan fingerprint density at radius 2 is 2.00 bits per heavy atom. The third kappa shape index (κ3) is 2.04. The number of imidazole rings is 1. The van der Waals surface area contributed by atoms with Crippen molar-refractivity contribution in [2.75, 3.05) is 0 Å². The lowest BCUT2D eigenvalue weighted by Crippen LogP contribution is -1.95. The van der Waals surface area contributed by atoms with Crippen LogP contribution < -0.4 is 0 Å². The van der Waals surface area contributed by atoms with Crippen molar-refractivity contribution in [1.29, 1.82) is 0 Å². The minimum Gasteiger partial charge on any atom is -0.328 e. The third-order valence-corrected chi connectivity index (χ3v) is 3.57. The van der Waals surface area contributed by atoms with E-state index in [0.29, 0.717) is 10.3 Å². The molecule has 0 radical (unpaired) electrons. The van der Waals surface area contributed by atoms with Crippen LogP contribution in [0.15, 0.2) is 36.4 Å². The van der Waals surface area contributed by atoms with Crippen molar-refractivity contribution in [1.82, 2.24) is 9.55 Å². The molecule has 0 aliphatic rings. The Balaban J connectivity index is 2.35. The maximum absolute atomic E-state index is 13.8. The standard InChI is InChI=1S/C15H12F2N2S/c1-2-9-4-3-5-11(6-9)19-13-8-10(16)7-12(17)14(13)18-15(19)20/h3-8H,2H2,1H3,(H,18,20). The number of H-pyrrole nitrogens is 1. The number of aromatic nitrogens is 2. The summed E-state index contributed by atoms with van der Waals surface area (Å²) in [6.45, 7) is 2.05. The highest BCUT2D eigenvalue weighted by Crippen LogP contribution is 2.23. The van der Waals surface area contributed by atoms with Crippen LogP contribution in [0.5, 0.6) is 0 Å². The van der Waals surface area contributed by atoms with Crippen molar-refractivity contribution < 1.29 is 8.78 Å². The first kappa shape index (κ1) is 13.0. The van der Waals surface area contributed by atoms with Crippen LogP contribution in [-0.4, -0.2) is 9.55 Å². The molecule has 0 spiro atoms. The molecule has 0 aliphatic heterocycles. The number of halogens is 2. The van der Waals surface area contributed by atoms with Crippen molar-refractivity contribution in [2.24, 2.45) is 0 Å². The molecule has 1 N–H and O–H groups in total. The molecule has 0 unspecified atom stereocenters. The SMILES string of the molecule is CCc1cccc(-n2c(=S)[nH]c3c(F)cc(F)cc32)c1. The Bertz CT molecular complexity index is 849. The number of hydrogen-bond acceptors (Lipinski definition) is 1. The number of nitrogens with zero attached hydrogens (tertiary/aromatic N) is 1. The molecular formula is C15H12F2N2S. The molecule has 2 aromatic carbocycles. The zero-order chi connectivity index (χ0) is 14.3. The molecule has 2 nitrogen and oxygen atoms in total. The minimum atomic E-state index is -0.642. The number of aromatic amines is 1. The summed E-state index contributed by atoms with van der Waals surface area (Å²) in [4.78, 5) is 2.79. The van der Waals surface area contributed by atoms with E-state index in [2.05, 4.69) is 4.98 Å². The predicted molar refractivity (Wildman–Crippen MR) is 77.8 cm³/mol. The van der Waals surface area contributed by atoms with Gasteiger partial charge in [-0.15, -0.1) is 0 Å². The first-order valence-corrected chi connectivity index (χ1v) is 6.70. The van der Waals surface area contributed by atoms with Crippen LogP contribution in [0.1, 0.15) is 12.5 Å². The molecule has 3 rings (SSSR count). The van der Waals surface area contributed by atoms with Gasteiger partial charge in [0.2, 0.25) is 0 Å². The van der Waals surface area contributed by atoms with Gasteiger partial charge in [0.1, 0.15) is 11.3 Å². The van der Waals surface area contributed by atoms with Gasteiger partial charge in [-0.3, -0.25) is 4.57 Å². The van der Waals surface area contributed by atoms with Gasteiger partial charge in [0, 0.05) is 17.8 Å². The van der Waals surface area contributed by atoms with Crippen molar-refractivity contribution >= 4 is 23.3 Å². The molecule has 1 heterocycles. The fourth-order valence-electron chi connectivity index (χ4n) is 2.30. The maximum atomic E-state index is 13.8. The molecule has 5 heteroatoms. The van der Waals surface area contributed by atoms with E-state index in [1.165, 1.54) is 6.07 Å². The molecule has 3 aromatic rings. The molecule has 0 saturated heterocycles. The topological polar surface area (TPSA) is 20.7 Å². The van der Waals surface area contributed by atoms with E-state index in [1.807, 2.05) is 31.2 Å². The number of nitrogens with one attached hydrogen (secondary N) is 1. The second kappa shape index (κ2) is 4.83. The van der Waals surface area contributed by atoms with E-state index in [1.54, 1.807) is 4.57 Å². The highest BCUT2D eigenvalue weighted by Gasteiger charge is 2.12. The lowest BCUT2D eigenvalue weighted by molar-refractivity contribution is 0.590. The molecule has 0 atom stereocenters. The monoisotopic (exact) mass is 290 g/mol. The highest BCUT2D eigenvalue weighted by molar-refractivity contribution is 7.71. The second-order valence-corrected chi connectivity index (χ2v) is 4.96. The van der Waals surface area contributed by atoms with Crippen LogP contribution in [0, 0.1) is 16.4 Å². The third-order valence-electron chi connectivity index (χ3n) is 3.29. The van der Waals surface area contributed by atoms with E-state index in [9.17, 15) is 8.78 Å². The van der Waals surface area contributed by atoms with Gasteiger partial charge in [0.15, 0.2) is 10.6 Å². The highest BCUT2D eigenvalue weighted by atomic mass is 32.1. The number of aryl methyl sites for hydroxylation is 1. The van der Waals surface area contributed by atoms with E-state index in [4.69, 9.17) is 12.2 Å². The van der Waals surface area contributed by atoms with Gasteiger partial charge in [0.25, 0.3) is 0 Å². The van der Waals surface area contributed by atoms with Crippen molar-refractivity contribution in [3.63, 3.8) is 0 Å². The molecule has 0 amide bonds. The predicted octanol–water partition coefficient (Wildman–Crippen LogP) is 4.53. The summed E-state index contributed by atoms with van der Waals surface area (Å²) in [6.07, 6.45) is 0.881. The summed E-state index contributed by atoms with van der Waals surface area (Å²) < 4.78 is 29.2. The van der Waals surface area contributed by atoms with Gasteiger partial charge < -0.3 is 4.98 Å². The van der Waals surface area contributed by atoms with Gasteiger partial charge in [-0.05, 0) is 36.3 Å².